The topological polar surface area (TPSA) is 85.9 Å². The highest BCUT2D eigenvalue weighted by Crippen LogP contribution is 2.32. The Balaban J connectivity index is 1.44. The molecule has 2 amide bonds. The molecule has 3 aromatic carbocycles. The third-order valence-electron chi connectivity index (χ3n) is 5.36. The van der Waals surface area contributed by atoms with Crippen LogP contribution < -0.4 is 24.8 Å². The molecule has 0 saturated heterocycles. The summed E-state index contributed by atoms with van der Waals surface area (Å²) in [7, 11) is 1.59. The van der Waals surface area contributed by atoms with E-state index in [1.165, 1.54) is 0 Å². The smallest absolute Gasteiger partial charge is 0.243 e. The van der Waals surface area contributed by atoms with Gasteiger partial charge in [-0.2, -0.15) is 0 Å². The fourth-order valence-electron chi connectivity index (χ4n) is 3.60. The summed E-state index contributed by atoms with van der Waals surface area (Å²) >= 11 is 0. The fourth-order valence-corrected chi connectivity index (χ4v) is 3.60. The summed E-state index contributed by atoms with van der Waals surface area (Å²) in [5.41, 5.74) is 2.68. The van der Waals surface area contributed by atoms with E-state index in [1.54, 1.807) is 19.2 Å². The first kappa shape index (κ1) is 22.2. The first-order chi connectivity index (χ1) is 16.1. The lowest BCUT2D eigenvalue weighted by Crippen LogP contribution is -2.48. The van der Waals surface area contributed by atoms with Crippen molar-refractivity contribution in [3.8, 4) is 17.2 Å². The molecular weight excluding hydrogens is 420 g/mol. The summed E-state index contributed by atoms with van der Waals surface area (Å²) < 4.78 is 16.0. The molecule has 0 bridgehead atoms. The van der Waals surface area contributed by atoms with Gasteiger partial charge in [0.15, 0.2) is 11.5 Å². The maximum Gasteiger partial charge on any atom is 0.243 e. The Kier molecular flexibility index (Phi) is 7.09. The van der Waals surface area contributed by atoms with Crippen molar-refractivity contribution < 1.29 is 23.8 Å². The van der Waals surface area contributed by atoms with Crippen LogP contribution in [-0.4, -0.2) is 31.8 Å². The van der Waals surface area contributed by atoms with Gasteiger partial charge in [-0.05, 0) is 41.0 Å². The number of benzene rings is 3. The Hall–Kier alpha value is -4.00. The van der Waals surface area contributed by atoms with Gasteiger partial charge in [0.1, 0.15) is 11.8 Å². The first-order valence-corrected chi connectivity index (χ1v) is 10.7. The highest BCUT2D eigenvalue weighted by Gasteiger charge is 2.23. The maximum atomic E-state index is 13.0. The average Bonchev–Trinajstić information content (AvgIpc) is 3.31. The van der Waals surface area contributed by atoms with Gasteiger partial charge in [0, 0.05) is 13.0 Å². The minimum absolute atomic E-state index is 0.160. The number of hydrogen-bond acceptors (Lipinski definition) is 5. The van der Waals surface area contributed by atoms with Crippen LogP contribution in [0.15, 0.2) is 72.8 Å². The van der Waals surface area contributed by atoms with Gasteiger partial charge in [-0.3, -0.25) is 9.59 Å². The van der Waals surface area contributed by atoms with Gasteiger partial charge >= 0.3 is 0 Å². The number of nitrogens with one attached hydrogen (secondary N) is 2. The molecule has 7 nitrogen and oxygen atoms in total. The molecule has 0 aromatic heterocycles. The van der Waals surface area contributed by atoms with Crippen LogP contribution in [0.3, 0.4) is 0 Å². The molecule has 7 heteroatoms. The summed E-state index contributed by atoms with van der Waals surface area (Å²) in [6.07, 6.45) is 0.485. The van der Waals surface area contributed by atoms with Crippen molar-refractivity contribution in [3.63, 3.8) is 0 Å². The van der Waals surface area contributed by atoms with Gasteiger partial charge < -0.3 is 24.8 Å². The molecule has 0 radical (unpaired) electrons. The fraction of sp³-hybridized carbons (Fsp3) is 0.231. The number of hydrogen-bond donors (Lipinski definition) is 2. The van der Waals surface area contributed by atoms with Crippen molar-refractivity contribution in [1.29, 1.82) is 0 Å². The Bertz CT molecular complexity index is 1100. The number of amides is 2. The zero-order chi connectivity index (χ0) is 23.0. The third kappa shape index (κ3) is 6.04. The minimum Gasteiger partial charge on any atom is -0.497 e. The van der Waals surface area contributed by atoms with Crippen LogP contribution in [0, 0.1) is 0 Å². The summed E-state index contributed by atoms with van der Waals surface area (Å²) in [6, 6.07) is 21.7. The Morgan fingerprint density at radius 2 is 1.64 bits per heavy atom. The van der Waals surface area contributed by atoms with Crippen LogP contribution >= 0.6 is 0 Å². The average molecular weight is 447 g/mol. The summed E-state index contributed by atoms with van der Waals surface area (Å²) in [4.78, 5) is 25.8. The SMILES string of the molecule is COc1ccc(CC(=O)N[C@H](Cc2ccc3c(c2)OCO3)C(=O)NCc2ccccc2)cc1. The van der Waals surface area contributed by atoms with Crippen LogP contribution in [-0.2, 0) is 29.0 Å². The van der Waals surface area contributed by atoms with Crippen LogP contribution in [0.1, 0.15) is 16.7 Å². The molecule has 1 atom stereocenters. The van der Waals surface area contributed by atoms with Crippen molar-refractivity contribution in [2.45, 2.75) is 25.4 Å². The molecule has 33 heavy (non-hydrogen) atoms. The number of ether oxygens (including phenoxy) is 3. The van der Waals surface area contributed by atoms with E-state index in [1.807, 2.05) is 60.7 Å². The van der Waals surface area contributed by atoms with Crippen LogP contribution in [0.2, 0.25) is 0 Å². The van der Waals surface area contributed by atoms with Crippen LogP contribution in [0.5, 0.6) is 17.2 Å². The standard InChI is InChI=1S/C26H26N2O5/c1-31-21-10-7-18(8-11-21)15-25(29)28-22(26(30)27-16-19-5-3-2-4-6-19)13-20-9-12-23-24(14-20)33-17-32-23/h2-12,14,22H,13,15-17H2,1H3,(H,27,30)(H,28,29)/t22-/m1/s1. The maximum absolute atomic E-state index is 13.0. The molecular formula is C26H26N2O5. The second-order valence-electron chi connectivity index (χ2n) is 7.74. The zero-order valence-corrected chi connectivity index (χ0v) is 18.4. The summed E-state index contributed by atoms with van der Waals surface area (Å²) in [6.45, 7) is 0.560. The van der Waals surface area contributed by atoms with Gasteiger partial charge in [0.25, 0.3) is 0 Å². The Labute approximate surface area is 192 Å². The molecule has 0 aliphatic carbocycles. The molecule has 0 unspecified atom stereocenters. The normalized spacial score (nSPS) is 12.6. The molecule has 1 aliphatic heterocycles. The number of rotatable bonds is 9. The lowest BCUT2D eigenvalue weighted by molar-refractivity contribution is -0.128. The zero-order valence-electron chi connectivity index (χ0n) is 18.4. The van der Waals surface area contributed by atoms with Crippen molar-refractivity contribution in [2.75, 3.05) is 13.9 Å². The van der Waals surface area contributed by atoms with E-state index in [2.05, 4.69) is 10.6 Å². The molecule has 2 N–H and O–H groups in total. The highest BCUT2D eigenvalue weighted by molar-refractivity contribution is 5.88. The van der Waals surface area contributed by atoms with Gasteiger partial charge in [0.2, 0.25) is 18.6 Å². The van der Waals surface area contributed by atoms with Crippen LogP contribution in [0.25, 0.3) is 0 Å². The van der Waals surface area contributed by atoms with E-state index < -0.39 is 6.04 Å². The number of carbonyl (C=O) groups is 2. The van der Waals surface area contributed by atoms with Crippen molar-refractivity contribution in [3.05, 3.63) is 89.5 Å². The number of fused-ring (bicyclic) bond motifs is 1. The van der Waals surface area contributed by atoms with Crippen molar-refractivity contribution >= 4 is 11.8 Å². The quantitative estimate of drug-likeness (QED) is 0.528. The van der Waals surface area contributed by atoms with E-state index >= 15 is 0 Å². The molecule has 0 spiro atoms. The van der Waals surface area contributed by atoms with Gasteiger partial charge in [-0.1, -0.05) is 48.5 Å². The van der Waals surface area contributed by atoms with E-state index in [-0.39, 0.29) is 25.0 Å². The monoisotopic (exact) mass is 446 g/mol. The third-order valence-corrected chi connectivity index (χ3v) is 5.36. The Morgan fingerprint density at radius 1 is 0.909 bits per heavy atom. The highest BCUT2D eigenvalue weighted by atomic mass is 16.7. The number of carbonyl (C=O) groups excluding carboxylic acids is 2. The predicted molar refractivity (Wildman–Crippen MR) is 123 cm³/mol. The van der Waals surface area contributed by atoms with Crippen LogP contribution in [0.4, 0.5) is 0 Å². The van der Waals surface area contributed by atoms with Gasteiger partial charge in [-0.15, -0.1) is 0 Å². The Morgan fingerprint density at radius 3 is 2.39 bits per heavy atom. The summed E-state index contributed by atoms with van der Waals surface area (Å²) in [5.74, 6) is 1.55. The molecule has 3 aromatic rings. The lowest BCUT2D eigenvalue weighted by atomic mass is 10.0. The van der Waals surface area contributed by atoms with Gasteiger partial charge in [-0.25, -0.2) is 0 Å². The van der Waals surface area contributed by atoms with E-state index in [9.17, 15) is 9.59 Å². The van der Waals surface area contributed by atoms with Crippen molar-refractivity contribution in [1.82, 2.24) is 10.6 Å². The lowest BCUT2D eigenvalue weighted by Gasteiger charge is -2.19. The van der Waals surface area contributed by atoms with E-state index in [4.69, 9.17) is 14.2 Å². The second kappa shape index (κ2) is 10.5. The second-order valence-corrected chi connectivity index (χ2v) is 7.74. The molecule has 4 rings (SSSR count). The van der Waals surface area contributed by atoms with Gasteiger partial charge in [0.05, 0.1) is 13.5 Å². The van der Waals surface area contributed by atoms with E-state index in [0.717, 1.165) is 22.4 Å². The minimum atomic E-state index is -0.736. The molecule has 1 aliphatic rings. The predicted octanol–water partition coefficient (Wildman–Crippen LogP) is 3.01. The summed E-state index contributed by atoms with van der Waals surface area (Å²) in [5, 5.41) is 5.82. The molecule has 0 fully saturated rings. The number of methoxy groups -OCH3 is 1. The molecule has 1 heterocycles. The molecule has 0 saturated carbocycles. The molecule has 170 valence electrons. The van der Waals surface area contributed by atoms with E-state index in [0.29, 0.717) is 24.5 Å². The van der Waals surface area contributed by atoms with Crippen molar-refractivity contribution in [2.24, 2.45) is 0 Å². The first-order valence-electron chi connectivity index (χ1n) is 10.7. The largest absolute Gasteiger partial charge is 0.497 e.